The predicted molar refractivity (Wildman–Crippen MR) is 42.0 cm³/mol. The third-order valence-corrected chi connectivity index (χ3v) is 1.72. The molecule has 13 heavy (non-hydrogen) atoms. The van der Waals surface area contributed by atoms with E-state index in [1.54, 1.807) is 0 Å². The number of rotatable bonds is 1. The summed E-state index contributed by atoms with van der Waals surface area (Å²) in [5.41, 5.74) is 7.96. The molecule has 0 saturated carbocycles. The third-order valence-electron chi connectivity index (χ3n) is 1.72. The van der Waals surface area contributed by atoms with Gasteiger partial charge in [-0.25, -0.2) is 9.59 Å². The number of hydrogen-bond donors (Lipinski definition) is 0. The van der Waals surface area contributed by atoms with Crippen molar-refractivity contribution >= 4 is 18.3 Å². The van der Waals surface area contributed by atoms with E-state index in [0.29, 0.717) is 19.3 Å². The normalized spacial score (nSPS) is 14.9. The number of esters is 1. The number of nitrogens with zero attached hydrogens (tertiary/aromatic N) is 3. The lowest BCUT2D eigenvalue weighted by molar-refractivity contribution is -0.133. The molecule has 0 bridgehead atoms. The maximum Gasteiger partial charge on any atom is 0.422 e. The van der Waals surface area contributed by atoms with Crippen LogP contribution in [0.4, 0.5) is 4.79 Å². The summed E-state index contributed by atoms with van der Waals surface area (Å²) in [5.74, 6) is -0.959. The molecule has 1 aliphatic rings. The largest absolute Gasteiger partial charge is 0.422 e. The number of carbonyl (C=O) groups excluding carboxylic acids is 2. The molecule has 1 aliphatic heterocycles. The van der Waals surface area contributed by atoms with Crippen LogP contribution in [0.5, 0.6) is 0 Å². The van der Waals surface area contributed by atoms with Gasteiger partial charge in [-0.15, -0.1) is 0 Å². The second kappa shape index (κ2) is 4.37. The van der Waals surface area contributed by atoms with Crippen LogP contribution in [0.25, 0.3) is 5.53 Å². The molecule has 6 nitrogen and oxygen atoms in total. The molecule has 1 heterocycles. The minimum Gasteiger partial charge on any atom is -0.368 e. The molecule has 1 saturated heterocycles. The van der Waals surface area contributed by atoms with Gasteiger partial charge in [-0.3, -0.25) is 0 Å². The molecule has 1 fully saturated rings. The Labute approximate surface area is 74.7 Å². The van der Waals surface area contributed by atoms with Crippen molar-refractivity contribution in [3.8, 4) is 0 Å². The first-order chi connectivity index (χ1) is 6.24. The van der Waals surface area contributed by atoms with Crippen LogP contribution >= 0.6 is 0 Å². The van der Waals surface area contributed by atoms with Gasteiger partial charge < -0.3 is 15.2 Å². The second-order valence-corrected chi connectivity index (χ2v) is 2.63. The quantitative estimate of drug-likeness (QED) is 0.189. The maximum absolute atomic E-state index is 11.1. The Kier molecular flexibility index (Phi) is 3.16. The first-order valence-electron chi connectivity index (χ1n) is 3.92. The zero-order valence-electron chi connectivity index (χ0n) is 6.97. The summed E-state index contributed by atoms with van der Waals surface area (Å²) in [5, 5.41) is 0. The lowest BCUT2D eigenvalue weighted by atomic mass is 10.4. The monoisotopic (exact) mass is 183 g/mol. The fourth-order valence-electron chi connectivity index (χ4n) is 1.12. The van der Waals surface area contributed by atoms with Gasteiger partial charge in [-0.1, -0.05) is 0 Å². The minimum absolute atomic E-state index is 0.536. The fourth-order valence-corrected chi connectivity index (χ4v) is 1.12. The lowest BCUT2D eigenvalue weighted by Gasteiger charge is -2.11. The molecule has 0 aromatic heterocycles. The van der Waals surface area contributed by atoms with Crippen molar-refractivity contribution in [1.29, 1.82) is 0 Å². The van der Waals surface area contributed by atoms with E-state index >= 15 is 0 Å². The van der Waals surface area contributed by atoms with Gasteiger partial charge in [0.25, 0.3) is 0 Å². The molecule has 0 radical (unpaired) electrons. The van der Waals surface area contributed by atoms with Crippen molar-refractivity contribution < 1.29 is 19.1 Å². The van der Waals surface area contributed by atoms with Crippen LogP contribution in [0.15, 0.2) is 0 Å². The molecule has 0 aliphatic carbocycles. The highest BCUT2D eigenvalue weighted by molar-refractivity contribution is 6.23. The molecular formula is C7H9N3O3. The highest BCUT2D eigenvalue weighted by Crippen LogP contribution is 2.08. The van der Waals surface area contributed by atoms with Crippen LogP contribution < -0.4 is 0 Å². The number of amides is 1. The summed E-state index contributed by atoms with van der Waals surface area (Å²) in [7, 11) is 0. The Balaban J connectivity index is 2.39. The average molecular weight is 183 g/mol. The van der Waals surface area contributed by atoms with E-state index in [1.165, 1.54) is 4.90 Å². The van der Waals surface area contributed by atoms with E-state index in [-0.39, 0.29) is 0 Å². The van der Waals surface area contributed by atoms with Crippen LogP contribution in [-0.4, -0.2) is 41.1 Å². The Bertz CT molecular complexity index is 264. The van der Waals surface area contributed by atoms with Crippen LogP contribution in [0, 0.1) is 0 Å². The van der Waals surface area contributed by atoms with Crippen molar-refractivity contribution in [2.45, 2.75) is 12.8 Å². The minimum atomic E-state index is -0.959. The molecule has 0 aromatic carbocycles. The maximum atomic E-state index is 11.1. The first-order valence-corrected chi connectivity index (χ1v) is 3.92. The summed E-state index contributed by atoms with van der Waals surface area (Å²) in [4.78, 5) is 25.6. The van der Waals surface area contributed by atoms with Crippen molar-refractivity contribution in [3.63, 3.8) is 0 Å². The van der Waals surface area contributed by atoms with Gasteiger partial charge in [0, 0.05) is 13.1 Å². The zero-order chi connectivity index (χ0) is 9.68. The van der Waals surface area contributed by atoms with Crippen molar-refractivity contribution in [2.75, 3.05) is 13.1 Å². The molecular weight excluding hydrogens is 174 g/mol. The van der Waals surface area contributed by atoms with Crippen molar-refractivity contribution in [3.05, 3.63) is 5.53 Å². The second-order valence-electron chi connectivity index (χ2n) is 2.63. The van der Waals surface area contributed by atoms with Crippen LogP contribution in [0.1, 0.15) is 12.8 Å². The van der Waals surface area contributed by atoms with E-state index in [2.05, 4.69) is 9.53 Å². The molecule has 1 rings (SSSR count). The van der Waals surface area contributed by atoms with E-state index in [4.69, 9.17) is 5.53 Å². The van der Waals surface area contributed by atoms with Gasteiger partial charge >= 0.3 is 18.3 Å². The SMILES string of the molecule is [N-]=[N+]=CC(=O)OC(=O)N1CCCC1. The van der Waals surface area contributed by atoms with Crippen LogP contribution in [0.2, 0.25) is 0 Å². The van der Waals surface area contributed by atoms with Gasteiger partial charge in [0.15, 0.2) is 0 Å². The highest BCUT2D eigenvalue weighted by atomic mass is 16.6. The highest BCUT2D eigenvalue weighted by Gasteiger charge is 2.22. The molecule has 0 aromatic rings. The number of carbonyl (C=O) groups is 2. The summed E-state index contributed by atoms with van der Waals surface area (Å²) in [6, 6.07) is 0. The van der Waals surface area contributed by atoms with Crippen LogP contribution in [-0.2, 0) is 9.53 Å². The molecule has 0 N–H and O–H groups in total. The summed E-state index contributed by atoms with van der Waals surface area (Å²) < 4.78 is 4.31. The topological polar surface area (TPSA) is 83.0 Å². The molecule has 6 heteroatoms. The predicted octanol–water partition coefficient (Wildman–Crippen LogP) is 0.0460. The third kappa shape index (κ3) is 2.68. The molecule has 0 spiro atoms. The molecule has 0 unspecified atom stereocenters. The average Bonchev–Trinajstić information content (AvgIpc) is 2.55. The lowest BCUT2D eigenvalue weighted by Crippen LogP contribution is -2.30. The Hall–Kier alpha value is -1.68. The summed E-state index contributed by atoms with van der Waals surface area (Å²) >= 11 is 0. The number of ether oxygens (including phenoxy) is 1. The Morgan fingerprint density at radius 2 is 2.00 bits per heavy atom. The number of likely N-dealkylation sites (tertiary alicyclic amines) is 1. The van der Waals surface area contributed by atoms with Gasteiger partial charge in [0.2, 0.25) is 0 Å². The Morgan fingerprint density at radius 3 is 2.54 bits per heavy atom. The number of hydrogen-bond acceptors (Lipinski definition) is 3. The smallest absolute Gasteiger partial charge is 0.368 e. The molecule has 1 amide bonds. The van der Waals surface area contributed by atoms with Gasteiger partial charge in [-0.05, 0) is 12.8 Å². The van der Waals surface area contributed by atoms with Gasteiger partial charge in [-0.2, -0.15) is 4.79 Å². The van der Waals surface area contributed by atoms with E-state index in [1.807, 2.05) is 0 Å². The van der Waals surface area contributed by atoms with Gasteiger partial charge in [0.05, 0.1) is 0 Å². The van der Waals surface area contributed by atoms with Crippen molar-refractivity contribution in [1.82, 2.24) is 4.90 Å². The first kappa shape index (κ1) is 9.41. The van der Waals surface area contributed by atoms with E-state index in [0.717, 1.165) is 12.8 Å². The Morgan fingerprint density at radius 1 is 1.38 bits per heavy atom. The van der Waals surface area contributed by atoms with Crippen LogP contribution in [0.3, 0.4) is 0 Å². The molecule has 70 valence electrons. The summed E-state index contributed by atoms with van der Waals surface area (Å²) in [6.45, 7) is 1.23. The van der Waals surface area contributed by atoms with E-state index in [9.17, 15) is 9.59 Å². The van der Waals surface area contributed by atoms with Gasteiger partial charge in [0.1, 0.15) is 0 Å². The standard InChI is InChI=1S/C7H9N3O3/c8-9-5-6(11)13-7(12)10-3-1-2-4-10/h5H,1-4H2. The zero-order valence-corrected chi connectivity index (χ0v) is 6.97. The summed E-state index contributed by atoms with van der Waals surface area (Å²) in [6.07, 6.45) is 1.71. The van der Waals surface area contributed by atoms with Crippen molar-refractivity contribution in [2.24, 2.45) is 0 Å². The fraction of sp³-hybridized carbons (Fsp3) is 0.571. The van der Waals surface area contributed by atoms with E-state index < -0.39 is 12.1 Å². The molecule has 0 atom stereocenters.